The van der Waals surface area contributed by atoms with Gasteiger partial charge in [0, 0.05) is 6.20 Å². The van der Waals surface area contributed by atoms with E-state index in [0.29, 0.717) is 5.69 Å². The molecule has 0 fully saturated rings. The third kappa shape index (κ3) is 4.52. The summed E-state index contributed by atoms with van der Waals surface area (Å²) < 4.78 is 26.3. The van der Waals surface area contributed by atoms with Crippen LogP contribution in [0.2, 0.25) is 5.02 Å². The molecule has 1 aromatic heterocycles. The SMILES string of the molecule is O=C(CNS(=O)(=O)c1ccccc1Cl)NCc1ccccn1. The van der Waals surface area contributed by atoms with E-state index in [9.17, 15) is 13.2 Å². The topological polar surface area (TPSA) is 88.2 Å². The maximum absolute atomic E-state index is 12.0. The minimum Gasteiger partial charge on any atom is -0.349 e. The summed E-state index contributed by atoms with van der Waals surface area (Å²) in [5.41, 5.74) is 0.685. The third-order valence-electron chi connectivity index (χ3n) is 2.74. The number of amides is 1. The highest BCUT2D eigenvalue weighted by atomic mass is 35.5. The Hall–Kier alpha value is -1.96. The lowest BCUT2D eigenvalue weighted by molar-refractivity contribution is -0.120. The van der Waals surface area contributed by atoms with E-state index in [1.165, 1.54) is 12.1 Å². The summed E-state index contributed by atoms with van der Waals surface area (Å²) in [6, 6.07) is 11.3. The number of aromatic nitrogens is 1. The van der Waals surface area contributed by atoms with Gasteiger partial charge in [-0.2, -0.15) is 0 Å². The maximum Gasteiger partial charge on any atom is 0.242 e. The quantitative estimate of drug-likeness (QED) is 0.831. The first-order valence-corrected chi connectivity index (χ1v) is 8.26. The zero-order valence-corrected chi connectivity index (χ0v) is 13.1. The predicted molar refractivity (Wildman–Crippen MR) is 82.7 cm³/mol. The number of halogens is 1. The van der Waals surface area contributed by atoms with Crippen LogP contribution >= 0.6 is 11.6 Å². The van der Waals surface area contributed by atoms with Crippen LogP contribution in [0.25, 0.3) is 0 Å². The van der Waals surface area contributed by atoms with Gasteiger partial charge in [0.05, 0.1) is 23.8 Å². The first-order chi connectivity index (χ1) is 10.5. The second-order valence-electron chi connectivity index (χ2n) is 4.35. The molecule has 0 saturated carbocycles. The van der Waals surface area contributed by atoms with E-state index in [1.54, 1.807) is 36.5 Å². The maximum atomic E-state index is 12.0. The van der Waals surface area contributed by atoms with E-state index < -0.39 is 15.9 Å². The van der Waals surface area contributed by atoms with Gasteiger partial charge in [0.25, 0.3) is 0 Å². The molecule has 116 valence electrons. The van der Waals surface area contributed by atoms with Gasteiger partial charge >= 0.3 is 0 Å². The van der Waals surface area contributed by atoms with E-state index in [2.05, 4.69) is 15.0 Å². The van der Waals surface area contributed by atoms with Gasteiger partial charge < -0.3 is 5.32 Å². The third-order valence-corrected chi connectivity index (χ3v) is 4.64. The number of pyridine rings is 1. The Morgan fingerprint density at radius 3 is 2.55 bits per heavy atom. The fourth-order valence-corrected chi connectivity index (χ4v) is 3.15. The summed E-state index contributed by atoms with van der Waals surface area (Å²) >= 11 is 5.84. The van der Waals surface area contributed by atoms with Gasteiger partial charge in [0.1, 0.15) is 4.90 Å². The van der Waals surface area contributed by atoms with Crippen molar-refractivity contribution in [2.45, 2.75) is 11.4 Å². The smallest absolute Gasteiger partial charge is 0.242 e. The average molecular weight is 340 g/mol. The van der Waals surface area contributed by atoms with Gasteiger partial charge in [0.2, 0.25) is 15.9 Å². The van der Waals surface area contributed by atoms with Crippen LogP contribution in [0.4, 0.5) is 0 Å². The number of carbonyl (C=O) groups excluding carboxylic acids is 1. The molecule has 8 heteroatoms. The van der Waals surface area contributed by atoms with Crippen LogP contribution in [0.5, 0.6) is 0 Å². The number of rotatable bonds is 6. The minimum absolute atomic E-state index is 0.0609. The minimum atomic E-state index is -3.83. The Morgan fingerprint density at radius 1 is 1.14 bits per heavy atom. The van der Waals surface area contributed by atoms with Gasteiger partial charge in [-0.3, -0.25) is 9.78 Å². The number of nitrogens with zero attached hydrogens (tertiary/aromatic N) is 1. The van der Waals surface area contributed by atoms with Crippen molar-refractivity contribution < 1.29 is 13.2 Å². The molecule has 0 aliphatic heterocycles. The number of carbonyl (C=O) groups is 1. The van der Waals surface area contributed by atoms with Crippen molar-refractivity contribution in [3.05, 3.63) is 59.4 Å². The molecule has 0 bridgehead atoms. The molecule has 0 saturated heterocycles. The van der Waals surface area contributed by atoms with Crippen LogP contribution in [-0.4, -0.2) is 25.9 Å². The summed E-state index contributed by atoms with van der Waals surface area (Å²) in [4.78, 5) is 15.7. The first kappa shape index (κ1) is 16.4. The number of hydrogen-bond acceptors (Lipinski definition) is 4. The van der Waals surface area contributed by atoms with Gasteiger partial charge in [0.15, 0.2) is 0 Å². The Balaban J connectivity index is 1.89. The number of hydrogen-bond donors (Lipinski definition) is 2. The standard InChI is InChI=1S/C14H14ClN3O3S/c15-12-6-1-2-7-13(12)22(20,21)18-10-14(19)17-9-11-5-3-4-8-16-11/h1-8,18H,9-10H2,(H,17,19). The van der Waals surface area contributed by atoms with Crippen molar-refractivity contribution in [2.75, 3.05) is 6.54 Å². The zero-order chi connectivity index (χ0) is 16.0. The summed E-state index contributed by atoms with van der Waals surface area (Å²) in [6.45, 7) is -0.145. The summed E-state index contributed by atoms with van der Waals surface area (Å²) in [5, 5.41) is 2.68. The molecule has 2 rings (SSSR count). The molecule has 2 aromatic rings. The van der Waals surface area contributed by atoms with Crippen LogP contribution in [0.1, 0.15) is 5.69 Å². The number of nitrogens with one attached hydrogen (secondary N) is 2. The molecule has 0 aliphatic carbocycles. The van der Waals surface area contributed by atoms with E-state index >= 15 is 0 Å². The highest BCUT2D eigenvalue weighted by Gasteiger charge is 2.18. The molecule has 6 nitrogen and oxygen atoms in total. The van der Waals surface area contributed by atoms with Crippen LogP contribution < -0.4 is 10.0 Å². The first-order valence-electron chi connectivity index (χ1n) is 6.40. The second-order valence-corrected chi connectivity index (χ2v) is 6.50. The number of sulfonamides is 1. The zero-order valence-electron chi connectivity index (χ0n) is 11.5. The van der Waals surface area contributed by atoms with Gasteiger partial charge in [-0.1, -0.05) is 29.8 Å². The Kier molecular flexibility index (Phi) is 5.48. The van der Waals surface area contributed by atoms with Crippen molar-refractivity contribution in [3.63, 3.8) is 0 Å². The molecule has 0 unspecified atom stereocenters. The van der Waals surface area contributed by atoms with E-state index in [4.69, 9.17) is 11.6 Å². The highest BCUT2D eigenvalue weighted by molar-refractivity contribution is 7.89. The van der Waals surface area contributed by atoms with Crippen molar-refractivity contribution in [2.24, 2.45) is 0 Å². The number of benzene rings is 1. The van der Waals surface area contributed by atoms with Crippen LogP contribution in [0.15, 0.2) is 53.6 Å². The highest BCUT2D eigenvalue weighted by Crippen LogP contribution is 2.19. The molecule has 1 aromatic carbocycles. The van der Waals surface area contributed by atoms with Crippen LogP contribution in [0.3, 0.4) is 0 Å². The molecular weight excluding hydrogens is 326 g/mol. The Labute approximate surface area is 133 Å². The lowest BCUT2D eigenvalue weighted by atomic mass is 10.3. The second kappa shape index (κ2) is 7.35. The lowest BCUT2D eigenvalue weighted by Crippen LogP contribution is -2.36. The van der Waals surface area contributed by atoms with Crippen molar-refractivity contribution in [3.8, 4) is 0 Å². The molecule has 0 radical (unpaired) electrons. The largest absolute Gasteiger partial charge is 0.349 e. The summed E-state index contributed by atoms with van der Waals surface area (Å²) in [5.74, 6) is -0.457. The van der Waals surface area contributed by atoms with Crippen molar-refractivity contribution >= 4 is 27.5 Å². The average Bonchev–Trinajstić information content (AvgIpc) is 2.52. The monoisotopic (exact) mass is 339 g/mol. The van der Waals surface area contributed by atoms with Crippen LogP contribution in [0, 0.1) is 0 Å². The molecular formula is C14H14ClN3O3S. The molecule has 2 N–H and O–H groups in total. The predicted octanol–water partition coefficient (Wildman–Crippen LogP) is 1.33. The molecule has 0 atom stereocenters. The van der Waals surface area contributed by atoms with E-state index in [-0.39, 0.29) is 23.0 Å². The van der Waals surface area contributed by atoms with Gasteiger partial charge in [-0.15, -0.1) is 0 Å². The van der Waals surface area contributed by atoms with Gasteiger partial charge in [-0.05, 0) is 24.3 Å². The fourth-order valence-electron chi connectivity index (χ4n) is 1.66. The van der Waals surface area contributed by atoms with Crippen molar-refractivity contribution in [1.29, 1.82) is 0 Å². The molecule has 1 amide bonds. The van der Waals surface area contributed by atoms with Gasteiger partial charge in [-0.25, -0.2) is 13.1 Å². The molecule has 1 heterocycles. The Morgan fingerprint density at radius 2 is 1.86 bits per heavy atom. The summed E-state index contributed by atoms with van der Waals surface area (Å²) in [7, 11) is -3.83. The fraction of sp³-hybridized carbons (Fsp3) is 0.143. The molecule has 0 spiro atoms. The molecule has 0 aliphatic rings. The van der Waals surface area contributed by atoms with Crippen LogP contribution in [-0.2, 0) is 21.4 Å². The Bertz CT molecular complexity index is 751. The van der Waals surface area contributed by atoms with Crippen molar-refractivity contribution in [1.82, 2.24) is 15.0 Å². The van der Waals surface area contributed by atoms with E-state index in [0.717, 1.165) is 0 Å². The normalized spacial score (nSPS) is 11.1. The lowest BCUT2D eigenvalue weighted by Gasteiger charge is -2.08. The molecule has 22 heavy (non-hydrogen) atoms. The van der Waals surface area contributed by atoms with E-state index in [1.807, 2.05) is 0 Å². The summed E-state index contributed by atoms with van der Waals surface area (Å²) in [6.07, 6.45) is 1.61.